The molecule has 0 heterocycles. The molecule has 0 unspecified atom stereocenters. The van der Waals surface area contributed by atoms with Crippen LogP contribution in [0.5, 0.6) is 5.75 Å². The van der Waals surface area contributed by atoms with Crippen LogP contribution in [0.2, 0.25) is 0 Å². The van der Waals surface area contributed by atoms with Crippen LogP contribution in [0.25, 0.3) is 11.1 Å². The molecule has 0 saturated heterocycles. The lowest BCUT2D eigenvalue weighted by Gasteiger charge is -2.12. The third kappa shape index (κ3) is 5.63. The van der Waals surface area contributed by atoms with Crippen molar-refractivity contribution in [1.82, 2.24) is 5.32 Å². The predicted octanol–water partition coefficient (Wildman–Crippen LogP) is 3.11. The molecule has 7 nitrogen and oxygen atoms in total. The summed E-state index contributed by atoms with van der Waals surface area (Å²) in [6.07, 6.45) is 3.29. The number of rotatable bonds is 10. The summed E-state index contributed by atoms with van der Waals surface area (Å²) in [5, 5.41) is 9.74. The Bertz CT molecular complexity index is 906. The quantitative estimate of drug-likeness (QED) is 0.217. The first-order valence-corrected chi connectivity index (χ1v) is 8.44. The number of benzene rings is 2. The zero-order chi connectivity index (χ0) is 20.4. The summed E-state index contributed by atoms with van der Waals surface area (Å²) in [4.78, 5) is 27.1. The van der Waals surface area contributed by atoms with Gasteiger partial charge >= 0.3 is 5.97 Å². The Morgan fingerprint density at radius 3 is 2.82 bits per heavy atom. The number of esters is 1. The van der Waals surface area contributed by atoms with E-state index in [9.17, 15) is 9.59 Å². The zero-order valence-corrected chi connectivity index (χ0v) is 15.5. The van der Waals surface area contributed by atoms with E-state index in [-0.39, 0.29) is 0 Å². The van der Waals surface area contributed by atoms with E-state index in [0.717, 1.165) is 18.1 Å². The number of aliphatic imine (C=N–C) groups is 1. The number of hydrogen-bond donors (Lipinski definition) is 2. The average Bonchev–Trinajstić information content (AvgIpc) is 2.75. The molecule has 144 valence electrons. The molecule has 2 aromatic rings. The van der Waals surface area contributed by atoms with Gasteiger partial charge in [0.05, 0.1) is 25.6 Å². The Balaban J connectivity index is 2.18. The monoisotopic (exact) mass is 379 g/mol. The maximum Gasteiger partial charge on any atom is 0.337 e. The van der Waals surface area contributed by atoms with Gasteiger partial charge in [-0.3, -0.25) is 9.79 Å². The molecule has 0 aromatic heterocycles. The van der Waals surface area contributed by atoms with Gasteiger partial charge in [0.25, 0.3) is 0 Å². The van der Waals surface area contributed by atoms with Gasteiger partial charge in [-0.05, 0) is 35.9 Å². The Morgan fingerprint density at radius 1 is 1.29 bits per heavy atom. The van der Waals surface area contributed by atoms with E-state index < -0.39 is 5.97 Å². The average molecular weight is 379 g/mol. The van der Waals surface area contributed by atoms with Crippen LogP contribution in [0, 0.1) is 5.41 Å². The van der Waals surface area contributed by atoms with E-state index in [1.807, 2.05) is 6.07 Å². The fraction of sp³-hybridized carbons (Fsp3) is 0.143. The number of ether oxygens (including phenoxy) is 2. The Morgan fingerprint density at radius 2 is 2.11 bits per heavy atom. The van der Waals surface area contributed by atoms with Crippen molar-refractivity contribution in [1.29, 1.82) is 5.41 Å². The minimum atomic E-state index is -0.441. The van der Waals surface area contributed by atoms with Crippen LogP contribution in [-0.4, -0.2) is 45.1 Å². The number of carbonyl (C=O) groups is 2. The lowest BCUT2D eigenvalue weighted by Crippen LogP contribution is -2.11. The molecule has 2 aromatic carbocycles. The Hall–Kier alpha value is -3.74. The molecule has 0 fully saturated rings. The second-order valence-electron chi connectivity index (χ2n) is 5.64. The van der Waals surface area contributed by atoms with Crippen molar-refractivity contribution in [2.75, 3.05) is 20.3 Å². The summed E-state index contributed by atoms with van der Waals surface area (Å²) in [7, 11) is 1.32. The molecule has 0 aliphatic heterocycles. The molecule has 0 radical (unpaired) electrons. The summed E-state index contributed by atoms with van der Waals surface area (Å²) in [6, 6.07) is 12.0. The highest BCUT2D eigenvalue weighted by atomic mass is 16.5. The van der Waals surface area contributed by atoms with Gasteiger partial charge in [-0.1, -0.05) is 18.7 Å². The molecule has 2 rings (SSSR count). The number of carbonyl (C=O) groups excluding carboxylic acids is 2. The van der Waals surface area contributed by atoms with Crippen LogP contribution in [0.4, 0.5) is 0 Å². The van der Waals surface area contributed by atoms with Crippen molar-refractivity contribution in [3.05, 3.63) is 65.9 Å². The Kier molecular flexibility index (Phi) is 7.65. The SMILES string of the molecule is C=C(C=N)NC=NCCOc1ccc(C=O)cc1-c1cccc(C(=O)OC)c1. The Labute approximate surface area is 163 Å². The molecular formula is C21H21N3O4. The van der Waals surface area contributed by atoms with Crippen LogP contribution < -0.4 is 10.1 Å². The molecule has 0 amide bonds. The fourth-order valence-electron chi connectivity index (χ4n) is 2.35. The van der Waals surface area contributed by atoms with Gasteiger partial charge in [-0.15, -0.1) is 0 Å². The minimum absolute atomic E-state index is 0.305. The first-order valence-electron chi connectivity index (χ1n) is 8.44. The van der Waals surface area contributed by atoms with Crippen molar-refractivity contribution >= 4 is 24.8 Å². The van der Waals surface area contributed by atoms with Crippen LogP contribution in [0.15, 0.2) is 59.7 Å². The van der Waals surface area contributed by atoms with Gasteiger partial charge < -0.3 is 20.2 Å². The largest absolute Gasteiger partial charge is 0.491 e. The van der Waals surface area contributed by atoms with E-state index in [1.165, 1.54) is 13.4 Å². The first kappa shape index (κ1) is 20.6. The molecule has 7 heteroatoms. The van der Waals surface area contributed by atoms with Crippen LogP contribution in [0.3, 0.4) is 0 Å². The zero-order valence-electron chi connectivity index (χ0n) is 15.5. The summed E-state index contributed by atoms with van der Waals surface area (Å²) in [5.74, 6) is 0.129. The van der Waals surface area contributed by atoms with Gasteiger partial charge in [0.1, 0.15) is 18.6 Å². The van der Waals surface area contributed by atoms with Crippen molar-refractivity contribution in [3.63, 3.8) is 0 Å². The van der Waals surface area contributed by atoms with E-state index in [0.29, 0.717) is 41.3 Å². The molecular weight excluding hydrogens is 358 g/mol. The lowest BCUT2D eigenvalue weighted by molar-refractivity contribution is 0.0600. The molecule has 0 bridgehead atoms. The highest BCUT2D eigenvalue weighted by molar-refractivity contribution is 5.91. The standard InChI is InChI=1S/C21H21N3O4/c1-15(12-22)24-14-23-8-9-28-20-7-6-16(13-25)10-19(20)17-4-3-5-18(11-17)21(26)27-2/h3-7,10-14,22H,1,8-9H2,2H3,(H,23,24). The van der Waals surface area contributed by atoms with Gasteiger partial charge in [-0.2, -0.15) is 0 Å². The molecule has 0 atom stereocenters. The van der Waals surface area contributed by atoms with Gasteiger partial charge in [0.2, 0.25) is 0 Å². The summed E-state index contributed by atoms with van der Waals surface area (Å²) < 4.78 is 10.6. The van der Waals surface area contributed by atoms with Gasteiger partial charge in [0, 0.05) is 23.0 Å². The fourth-order valence-corrected chi connectivity index (χ4v) is 2.35. The number of methoxy groups -OCH3 is 1. The number of nitrogens with one attached hydrogen (secondary N) is 2. The summed E-state index contributed by atoms with van der Waals surface area (Å²) in [5.41, 5.74) is 2.76. The normalized spacial score (nSPS) is 10.3. The van der Waals surface area contributed by atoms with Gasteiger partial charge in [-0.25, -0.2) is 4.79 Å². The van der Waals surface area contributed by atoms with E-state index in [1.54, 1.807) is 36.4 Å². The first-order chi connectivity index (χ1) is 13.6. The third-order valence-electron chi connectivity index (χ3n) is 3.73. The van der Waals surface area contributed by atoms with Crippen LogP contribution >= 0.6 is 0 Å². The van der Waals surface area contributed by atoms with E-state index >= 15 is 0 Å². The summed E-state index contributed by atoms with van der Waals surface area (Å²) >= 11 is 0. The highest BCUT2D eigenvalue weighted by Crippen LogP contribution is 2.31. The second-order valence-corrected chi connectivity index (χ2v) is 5.64. The van der Waals surface area contributed by atoms with E-state index in [2.05, 4.69) is 16.9 Å². The smallest absolute Gasteiger partial charge is 0.337 e. The van der Waals surface area contributed by atoms with Crippen molar-refractivity contribution in [3.8, 4) is 16.9 Å². The second kappa shape index (κ2) is 10.4. The molecule has 2 N–H and O–H groups in total. The van der Waals surface area contributed by atoms with Crippen molar-refractivity contribution < 1.29 is 19.1 Å². The van der Waals surface area contributed by atoms with Crippen molar-refractivity contribution in [2.45, 2.75) is 0 Å². The molecule has 0 aliphatic rings. The topological polar surface area (TPSA) is 101 Å². The number of aldehydes is 1. The maximum absolute atomic E-state index is 11.8. The lowest BCUT2D eigenvalue weighted by atomic mass is 10.00. The number of hydrogen-bond acceptors (Lipinski definition) is 6. The summed E-state index contributed by atoms with van der Waals surface area (Å²) in [6.45, 7) is 4.28. The molecule has 0 aliphatic carbocycles. The van der Waals surface area contributed by atoms with Crippen LogP contribution in [0.1, 0.15) is 20.7 Å². The minimum Gasteiger partial charge on any atom is -0.491 e. The van der Waals surface area contributed by atoms with Crippen LogP contribution in [-0.2, 0) is 4.74 Å². The molecule has 0 saturated carbocycles. The van der Waals surface area contributed by atoms with E-state index in [4.69, 9.17) is 14.9 Å². The third-order valence-corrected chi connectivity index (χ3v) is 3.73. The number of allylic oxidation sites excluding steroid dienone is 1. The van der Waals surface area contributed by atoms with Crippen molar-refractivity contribution in [2.24, 2.45) is 4.99 Å². The van der Waals surface area contributed by atoms with Gasteiger partial charge in [0.15, 0.2) is 0 Å². The number of nitrogens with zero attached hydrogens (tertiary/aromatic N) is 1. The maximum atomic E-state index is 11.8. The molecule has 0 spiro atoms. The predicted molar refractivity (Wildman–Crippen MR) is 109 cm³/mol. The molecule has 28 heavy (non-hydrogen) atoms. The highest BCUT2D eigenvalue weighted by Gasteiger charge is 2.11.